The summed E-state index contributed by atoms with van der Waals surface area (Å²) in [5, 5.41) is 14.2. The molecule has 0 saturated carbocycles. The number of fused-ring (bicyclic) bond motifs is 1. The van der Waals surface area contributed by atoms with Crippen LogP contribution in [0.5, 0.6) is 5.75 Å². The van der Waals surface area contributed by atoms with E-state index in [1.165, 1.54) is 18.2 Å². The van der Waals surface area contributed by atoms with Gasteiger partial charge in [-0.05, 0) is 24.3 Å². The molecule has 2 heterocycles. The zero-order valence-corrected chi connectivity index (χ0v) is 17.8. The lowest BCUT2D eigenvalue weighted by atomic mass is 10.2. The second kappa shape index (κ2) is 10.3. The summed E-state index contributed by atoms with van der Waals surface area (Å²) < 4.78 is 46.0. The molecule has 2 N–H and O–H groups in total. The molecule has 156 valence electrons. The Morgan fingerprint density at radius 1 is 1.10 bits per heavy atom. The van der Waals surface area contributed by atoms with Gasteiger partial charge >= 0.3 is 6.18 Å². The summed E-state index contributed by atoms with van der Waals surface area (Å²) in [6, 6.07) is 10.7. The molecular weight excluding hydrogens is 500 g/mol. The zero-order valence-electron chi connectivity index (χ0n) is 15.5. The quantitative estimate of drug-likeness (QED) is 0.226. The zero-order chi connectivity index (χ0) is 20.0. The molecule has 0 saturated heterocycles. The number of halogens is 4. The molecule has 3 rings (SSSR count). The summed E-state index contributed by atoms with van der Waals surface area (Å²) in [7, 11) is 1.59. The van der Waals surface area contributed by atoms with E-state index in [0.29, 0.717) is 18.3 Å². The van der Waals surface area contributed by atoms with Crippen molar-refractivity contribution in [2.24, 2.45) is 4.99 Å². The molecule has 0 unspecified atom stereocenters. The average Bonchev–Trinajstić information content (AvgIpc) is 3.10. The van der Waals surface area contributed by atoms with Crippen molar-refractivity contribution in [2.45, 2.75) is 12.7 Å². The molecule has 7 nitrogen and oxygen atoms in total. The van der Waals surface area contributed by atoms with Gasteiger partial charge < -0.3 is 15.4 Å². The number of aromatic nitrogens is 3. The molecule has 0 aliphatic heterocycles. The second-order valence-electron chi connectivity index (χ2n) is 5.74. The molecule has 0 bridgehead atoms. The molecule has 0 fully saturated rings. The van der Waals surface area contributed by atoms with Crippen LogP contribution in [0.2, 0.25) is 0 Å². The van der Waals surface area contributed by atoms with Gasteiger partial charge in [0.05, 0.1) is 18.7 Å². The molecule has 29 heavy (non-hydrogen) atoms. The van der Waals surface area contributed by atoms with Crippen LogP contribution in [0.3, 0.4) is 0 Å². The molecule has 3 aromatic rings. The normalized spacial score (nSPS) is 11.8. The fourth-order valence-electron chi connectivity index (χ4n) is 2.55. The number of aliphatic imine (C=N–C) groups is 1. The van der Waals surface area contributed by atoms with Gasteiger partial charge in [0.2, 0.25) is 0 Å². The predicted molar refractivity (Wildman–Crippen MR) is 114 cm³/mol. The number of benzene rings is 1. The lowest BCUT2D eigenvalue weighted by molar-refractivity contribution is -0.138. The van der Waals surface area contributed by atoms with Crippen LogP contribution < -0.4 is 15.4 Å². The van der Waals surface area contributed by atoms with E-state index in [-0.39, 0.29) is 42.9 Å². The van der Waals surface area contributed by atoms with Crippen molar-refractivity contribution in [3.8, 4) is 5.75 Å². The SMILES string of the molecule is CN=C(NCCOc1ccccc1C(F)(F)F)NCc1nnc2ccccn12.I. The van der Waals surface area contributed by atoms with Gasteiger partial charge in [-0.15, -0.1) is 34.2 Å². The maximum absolute atomic E-state index is 12.9. The third kappa shape index (κ3) is 5.95. The van der Waals surface area contributed by atoms with Crippen molar-refractivity contribution in [1.29, 1.82) is 0 Å². The van der Waals surface area contributed by atoms with Crippen LogP contribution in [-0.2, 0) is 12.7 Å². The standard InChI is InChI=1S/C18H19F3N6O.HI/c1-22-17(24-12-16-26-25-15-8-4-5-10-27(15)16)23-9-11-28-14-7-3-2-6-13(14)18(19,20)21;/h2-8,10H,9,11-12H2,1H3,(H2,22,23,24);1H. The van der Waals surface area contributed by atoms with Crippen molar-refractivity contribution in [1.82, 2.24) is 25.2 Å². The first kappa shape index (κ1) is 22.7. The fraction of sp³-hybridized carbons (Fsp3) is 0.278. The number of alkyl halides is 3. The highest BCUT2D eigenvalue weighted by atomic mass is 127. The maximum atomic E-state index is 12.9. The van der Waals surface area contributed by atoms with Crippen molar-refractivity contribution in [3.63, 3.8) is 0 Å². The van der Waals surface area contributed by atoms with E-state index in [9.17, 15) is 13.2 Å². The summed E-state index contributed by atoms with van der Waals surface area (Å²) in [5.74, 6) is 0.976. The summed E-state index contributed by atoms with van der Waals surface area (Å²) >= 11 is 0. The number of ether oxygens (including phenoxy) is 1. The Labute approximate surface area is 182 Å². The topological polar surface area (TPSA) is 75.8 Å². The van der Waals surface area contributed by atoms with Crippen LogP contribution in [0.15, 0.2) is 53.7 Å². The first-order valence-electron chi connectivity index (χ1n) is 8.51. The number of hydrogen-bond donors (Lipinski definition) is 2. The third-order valence-corrected chi connectivity index (χ3v) is 3.87. The lowest BCUT2D eigenvalue weighted by Crippen LogP contribution is -2.39. The fourth-order valence-corrected chi connectivity index (χ4v) is 2.55. The monoisotopic (exact) mass is 520 g/mol. The number of nitrogens with one attached hydrogen (secondary N) is 2. The molecule has 0 amide bonds. The largest absolute Gasteiger partial charge is 0.491 e. The lowest BCUT2D eigenvalue weighted by Gasteiger charge is -2.15. The van der Waals surface area contributed by atoms with E-state index in [4.69, 9.17) is 4.74 Å². The van der Waals surface area contributed by atoms with E-state index in [0.717, 1.165) is 11.7 Å². The van der Waals surface area contributed by atoms with Gasteiger partial charge in [0.15, 0.2) is 17.4 Å². The average molecular weight is 520 g/mol. The highest BCUT2D eigenvalue weighted by molar-refractivity contribution is 14.0. The van der Waals surface area contributed by atoms with Crippen LogP contribution in [0.25, 0.3) is 5.65 Å². The van der Waals surface area contributed by atoms with Gasteiger partial charge in [-0.3, -0.25) is 9.39 Å². The van der Waals surface area contributed by atoms with Crippen LogP contribution in [0, 0.1) is 0 Å². The van der Waals surface area contributed by atoms with E-state index in [1.54, 1.807) is 7.05 Å². The molecule has 0 atom stereocenters. The summed E-state index contributed by atoms with van der Waals surface area (Å²) in [6.45, 7) is 0.691. The van der Waals surface area contributed by atoms with Crippen molar-refractivity contribution in [3.05, 3.63) is 60.0 Å². The molecule has 0 aliphatic rings. The van der Waals surface area contributed by atoms with Gasteiger partial charge in [0.25, 0.3) is 0 Å². The first-order valence-corrected chi connectivity index (χ1v) is 8.51. The van der Waals surface area contributed by atoms with Gasteiger partial charge in [0, 0.05) is 13.2 Å². The van der Waals surface area contributed by atoms with E-state index in [2.05, 4.69) is 25.8 Å². The maximum Gasteiger partial charge on any atom is 0.419 e. The summed E-state index contributed by atoms with van der Waals surface area (Å²) in [5.41, 5.74) is -0.0600. The van der Waals surface area contributed by atoms with Gasteiger partial charge in [-0.2, -0.15) is 13.2 Å². The molecule has 11 heteroatoms. The predicted octanol–water partition coefficient (Wildman–Crippen LogP) is 3.11. The second-order valence-corrected chi connectivity index (χ2v) is 5.74. The number of guanidine groups is 1. The van der Waals surface area contributed by atoms with Crippen LogP contribution >= 0.6 is 24.0 Å². The van der Waals surface area contributed by atoms with Crippen LogP contribution in [0.1, 0.15) is 11.4 Å². The van der Waals surface area contributed by atoms with Gasteiger partial charge in [-0.1, -0.05) is 18.2 Å². The minimum Gasteiger partial charge on any atom is -0.491 e. The Morgan fingerprint density at radius 3 is 2.62 bits per heavy atom. The molecule has 2 aromatic heterocycles. The highest BCUT2D eigenvalue weighted by Gasteiger charge is 2.33. The number of nitrogens with zero attached hydrogens (tertiary/aromatic N) is 4. The minimum atomic E-state index is -4.46. The highest BCUT2D eigenvalue weighted by Crippen LogP contribution is 2.35. The van der Waals surface area contributed by atoms with Crippen molar-refractivity contribution in [2.75, 3.05) is 20.2 Å². The molecule has 0 radical (unpaired) electrons. The smallest absolute Gasteiger partial charge is 0.419 e. The number of hydrogen-bond acceptors (Lipinski definition) is 4. The first-order chi connectivity index (χ1) is 13.5. The van der Waals surface area contributed by atoms with Crippen LogP contribution in [-0.4, -0.2) is 40.8 Å². The van der Waals surface area contributed by atoms with E-state index in [1.807, 2.05) is 28.8 Å². The molecule has 0 aliphatic carbocycles. The minimum absolute atomic E-state index is 0. The number of para-hydroxylation sites is 1. The van der Waals surface area contributed by atoms with E-state index < -0.39 is 11.7 Å². The Morgan fingerprint density at radius 2 is 1.86 bits per heavy atom. The number of pyridine rings is 1. The Hall–Kier alpha value is -2.57. The Balaban J connectivity index is 0.00000300. The van der Waals surface area contributed by atoms with Gasteiger partial charge in [0.1, 0.15) is 12.4 Å². The molecular formula is C18H20F3IN6O. The molecule has 0 spiro atoms. The third-order valence-electron chi connectivity index (χ3n) is 3.87. The van der Waals surface area contributed by atoms with E-state index >= 15 is 0 Å². The van der Waals surface area contributed by atoms with Crippen LogP contribution in [0.4, 0.5) is 13.2 Å². The van der Waals surface area contributed by atoms with Gasteiger partial charge in [-0.25, -0.2) is 0 Å². The molecule has 1 aromatic carbocycles. The Kier molecular flexibility index (Phi) is 8.05. The summed E-state index contributed by atoms with van der Waals surface area (Å²) in [6.07, 6.45) is -2.60. The number of rotatable bonds is 6. The summed E-state index contributed by atoms with van der Waals surface area (Å²) in [4.78, 5) is 4.07. The van der Waals surface area contributed by atoms with Crippen molar-refractivity contribution >= 4 is 35.6 Å². The van der Waals surface area contributed by atoms with Crippen molar-refractivity contribution < 1.29 is 17.9 Å². The Bertz CT molecular complexity index is 960.